The van der Waals surface area contributed by atoms with Crippen molar-refractivity contribution in [3.05, 3.63) is 0 Å². The minimum Gasteiger partial charge on any atom is -0.480 e. The lowest BCUT2D eigenvalue weighted by Gasteiger charge is -2.65. The van der Waals surface area contributed by atoms with Crippen molar-refractivity contribution in [2.45, 2.75) is 84.6 Å². The van der Waals surface area contributed by atoms with E-state index in [9.17, 15) is 14.7 Å². The first kappa shape index (κ1) is 20.6. The zero-order chi connectivity index (χ0) is 20.0. The number of hydrogen-bond donors (Lipinski definition) is 2. The molecule has 3 rings (SSSR count). The molecule has 0 spiro atoms. The fraction of sp³-hybridized carbons (Fsp3) is 0.909. The molecular formula is C22H37NO4. The molecule has 3 fully saturated rings. The summed E-state index contributed by atoms with van der Waals surface area (Å²) in [5, 5.41) is 9.46. The maximum Gasteiger partial charge on any atom is 0.320 e. The Hall–Kier alpha value is -1.10. The van der Waals surface area contributed by atoms with Crippen LogP contribution in [0.25, 0.3) is 0 Å². The summed E-state index contributed by atoms with van der Waals surface area (Å²) in [7, 11) is 1.50. The molecule has 7 atom stereocenters. The van der Waals surface area contributed by atoms with Crippen LogP contribution in [0.3, 0.4) is 0 Å². The largest absolute Gasteiger partial charge is 0.480 e. The maximum absolute atomic E-state index is 12.7. The van der Waals surface area contributed by atoms with Crippen molar-refractivity contribution in [1.29, 1.82) is 0 Å². The molecule has 0 heterocycles. The van der Waals surface area contributed by atoms with E-state index in [0.29, 0.717) is 24.2 Å². The second-order valence-corrected chi connectivity index (χ2v) is 10.3. The molecular weight excluding hydrogens is 342 g/mol. The second kappa shape index (κ2) is 7.06. The van der Waals surface area contributed by atoms with E-state index < -0.39 is 17.4 Å². The Morgan fingerprint density at radius 1 is 1.15 bits per heavy atom. The number of carbonyl (C=O) groups excluding carboxylic acids is 1. The quantitative estimate of drug-likeness (QED) is 0.721. The van der Waals surface area contributed by atoms with Gasteiger partial charge in [-0.25, -0.2) is 0 Å². The average molecular weight is 380 g/mol. The molecule has 3 aliphatic rings. The Morgan fingerprint density at radius 3 is 2.48 bits per heavy atom. The summed E-state index contributed by atoms with van der Waals surface area (Å²) in [5.74, 6) is 0.389. The van der Waals surface area contributed by atoms with E-state index in [1.54, 1.807) is 0 Å². The summed E-state index contributed by atoms with van der Waals surface area (Å²) in [6.45, 7) is 6.76. The van der Waals surface area contributed by atoms with Crippen molar-refractivity contribution in [1.82, 2.24) is 0 Å². The molecule has 0 amide bonds. The van der Waals surface area contributed by atoms with Crippen LogP contribution in [0, 0.1) is 34.0 Å². The molecule has 0 aliphatic heterocycles. The topological polar surface area (TPSA) is 89.6 Å². The van der Waals surface area contributed by atoms with E-state index in [1.165, 1.54) is 13.5 Å². The normalized spacial score (nSPS) is 45.3. The molecule has 0 aromatic rings. The van der Waals surface area contributed by atoms with E-state index in [-0.39, 0.29) is 16.8 Å². The number of esters is 1. The molecule has 0 radical (unpaired) electrons. The number of aliphatic carboxylic acids is 1. The zero-order valence-corrected chi connectivity index (χ0v) is 17.4. The van der Waals surface area contributed by atoms with Crippen LogP contribution in [0.1, 0.15) is 78.6 Å². The number of methoxy groups -OCH3 is 1. The fourth-order valence-corrected chi connectivity index (χ4v) is 7.74. The summed E-state index contributed by atoms with van der Waals surface area (Å²) in [6.07, 6.45) is 8.94. The van der Waals surface area contributed by atoms with Crippen LogP contribution < -0.4 is 5.73 Å². The van der Waals surface area contributed by atoms with E-state index in [2.05, 4.69) is 20.8 Å². The molecule has 3 saturated carbocycles. The Morgan fingerprint density at radius 2 is 1.85 bits per heavy atom. The van der Waals surface area contributed by atoms with Crippen LogP contribution in [-0.2, 0) is 14.3 Å². The van der Waals surface area contributed by atoms with E-state index in [0.717, 1.165) is 44.9 Å². The van der Waals surface area contributed by atoms with Gasteiger partial charge in [0.25, 0.3) is 0 Å². The van der Waals surface area contributed by atoms with Crippen LogP contribution in [0.4, 0.5) is 0 Å². The third-order valence-corrected chi connectivity index (χ3v) is 8.74. The van der Waals surface area contributed by atoms with E-state index >= 15 is 0 Å². The highest BCUT2D eigenvalue weighted by Gasteiger charge is 2.63. The van der Waals surface area contributed by atoms with Gasteiger partial charge in [-0.15, -0.1) is 0 Å². The number of nitrogens with two attached hydrogens (primary N) is 1. The maximum atomic E-state index is 12.7. The average Bonchev–Trinajstić information content (AvgIpc) is 2.59. The molecule has 2 unspecified atom stereocenters. The van der Waals surface area contributed by atoms with Gasteiger partial charge in [-0.3, -0.25) is 9.59 Å². The molecule has 0 bridgehead atoms. The fourth-order valence-electron chi connectivity index (χ4n) is 7.74. The monoisotopic (exact) mass is 379 g/mol. The van der Waals surface area contributed by atoms with Crippen molar-refractivity contribution >= 4 is 11.9 Å². The minimum atomic E-state index is -0.892. The van der Waals surface area contributed by atoms with Gasteiger partial charge < -0.3 is 15.6 Å². The number of hydrogen-bond acceptors (Lipinski definition) is 4. The first-order valence-electron chi connectivity index (χ1n) is 10.7. The predicted molar refractivity (Wildman–Crippen MR) is 104 cm³/mol. The predicted octanol–water partition coefficient (Wildman–Crippen LogP) is 3.99. The number of carbonyl (C=O) groups is 2. The van der Waals surface area contributed by atoms with Gasteiger partial charge in [0.15, 0.2) is 0 Å². The number of fused-ring (bicyclic) bond motifs is 3. The minimum absolute atomic E-state index is 0.00487. The van der Waals surface area contributed by atoms with Gasteiger partial charge in [-0.1, -0.05) is 26.7 Å². The molecule has 3 N–H and O–H groups in total. The highest BCUT2D eigenvalue weighted by molar-refractivity contribution is 5.77. The standard InChI is InChI=1S/C22H37NO4/c1-14-6-7-17-20(2)9-5-10-21(3,19(26)27-4)16(20)8-11-22(17,12-14)13-15(23)18(24)25/h14-17H,5-13,23H2,1-4H3,(H,24,25)/t14?,15?,16-,17-,20+,21+,22+/m0/s1. The van der Waals surface area contributed by atoms with Crippen molar-refractivity contribution in [2.75, 3.05) is 7.11 Å². The van der Waals surface area contributed by atoms with Gasteiger partial charge in [0.05, 0.1) is 12.5 Å². The summed E-state index contributed by atoms with van der Waals surface area (Å²) in [4.78, 5) is 24.3. The molecule has 0 aromatic carbocycles. The Kier molecular flexibility index (Phi) is 5.39. The summed E-state index contributed by atoms with van der Waals surface area (Å²) >= 11 is 0. The molecule has 5 heteroatoms. The molecule has 3 aliphatic carbocycles. The van der Waals surface area contributed by atoms with E-state index in [1.807, 2.05) is 0 Å². The first-order chi connectivity index (χ1) is 12.6. The Labute approximate surface area is 163 Å². The number of rotatable bonds is 4. The molecule has 5 nitrogen and oxygen atoms in total. The Balaban J connectivity index is 1.99. The molecule has 0 saturated heterocycles. The highest BCUT2D eigenvalue weighted by Crippen LogP contribution is 2.69. The SMILES string of the molecule is COC(=O)[C@]1(C)CCC[C@@]2(C)[C@@H]3CCC(C)C[C@@]3(CC(N)C(=O)O)CC[C@@H]21. The second-order valence-electron chi connectivity index (χ2n) is 10.3. The van der Waals surface area contributed by atoms with Crippen LogP contribution in [0.2, 0.25) is 0 Å². The lowest BCUT2D eigenvalue weighted by atomic mass is 9.39. The molecule has 27 heavy (non-hydrogen) atoms. The molecule has 0 aromatic heterocycles. The third-order valence-electron chi connectivity index (χ3n) is 8.74. The summed E-state index contributed by atoms with van der Waals surface area (Å²) < 4.78 is 5.22. The van der Waals surface area contributed by atoms with E-state index in [4.69, 9.17) is 10.5 Å². The summed E-state index contributed by atoms with van der Waals surface area (Å²) in [5.41, 5.74) is 5.68. The van der Waals surface area contributed by atoms with Crippen molar-refractivity contribution in [3.63, 3.8) is 0 Å². The Bertz CT molecular complexity index is 607. The lowest BCUT2D eigenvalue weighted by Crippen LogP contribution is -2.60. The van der Waals surface area contributed by atoms with Gasteiger partial charge in [-0.05, 0) is 80.5 Å². The number of ether oxygens (including phenoxy) is 1. The zero-order valence-electron chi connectivity index (χ0n) is 17.4. The van der Waals surface area contributed by atoms with Crippen molar-refractivity contribution in [3.8, 4) is 0 Å². The first-order valence-corrected chi connectivity index (χ1v) is 10.7. The van der Waals surface area contributed by atoms with Gasteiger partial charge in [0.1, 0.15) is 6.04 Å². The van der Waals surface area contributed by atoms with Crippen LogP contribution in [-0.4, -0.2) is 30.2 Å². The van der Waals surface area contributed by atoms with Crippen LogP contribution in [0.15, 0.2) is 0 Å². The molecule has 154 valence electrons. The van der Waals surface area contributed by atoms with Crippen LogP contribution in [0.5, 0.6) is 0 Å². The lowest BCUT2D eigenvalue weighted by molar-refractivity contribution is -0.190. The summed E-state index contributed by atoms with van der Waals surface area (Å²) in [6, 6.07) is -0.798. The highest BCUT2D eigenvalue weighted by atomic mass is 16.5. The van der Waals surface area contributed by atoms with Gasteiger partial charge in [0, 0.05) is 0 Å². The van der Waals surface area contributed by atoms with Gasteiger partial charge >= 0.3 is 11.9 Å². The van der Waals surface area contributed by atoms with Crippen molar-refractivity contribution in [2.24, 2.45) is 39.7 Å². The smallest absolute Gasteiger partial charge is 0.320 e. The van der Waals surface area contributed by atoms with Gasteiger partial charge in [0.2, 0.25) is 0 Å². The number of carboxylic acids is 1. The number of carboxylic acid groups (broad SMARTS) is 1. The third kappa shape index (κ3) is 3.20. The van der Waals surface area contributed by atoms with Gasteiger partial charge in [-0.2, -0.15) is 0 Å². The van der Waals surface area contributed by atoms with Crippen molar-refractivity contribution < 1.29 is 19.4 Å². The van der Waals surface area contributed by atoms with Crippen LogP contribution >= 0.6 is 0 Å².